The molecule has 1 N–H and O–H groups in total. The van der Waals surface area contributed by atoms with E-state index in [2.05, 4.69) is 10.3 Å². The number of ether oxygens (including phenoxy) is 2. The molecular formula is C31H44N2O6. The molecule has 1 heterocycles. The Balaban J connectivity index is 0.00000800. The molecule has 0 radical (unpaired) electrons. The van der Waals surface area contributed by atoms with Crippen LogP contribution in [0.25, 0.3) is 11.3 Å². The van der Waals surface area contributed by atoms with Gasteiger partial charge in [-0.3, -0.25) is 24.2 Å². The quantitative estimate of drug-likeness (QED) is 0.217. The molecule has 0 fully saturated rings. The van der Waals surface area contributed by atoms with Crippen molar-refractivity contribution in [2.45, 2.75) is 60.4 Å². The van der Waals surface area contributed by atoms with Crippen LogP contribution in [0.15, 0.2) is 42.6 Å². The van der Waals surface area contributed by atoms with E-state index in [1.807, 2.05) is 53.7 Å². The highest BCUT2D eigenvalue weighted by Gasteiger charge is 2.17. The molecule has 0 aliphatic rings. The molecule has 0 spiro atoms. The fourth-order valence-corrected chi connectivity index (χ4v) is 3.61. The standard InChI is InChI=1S/C31H42N2O6.H2/c1-20(2)28(34)13-15-38-18-26(19-39-16-14-29(35)21(3)4)33-31(37)25-11-12-27(32-17-25)23-7-9-24(10-8-23)30(36)22(5)6;/h7-12,17,20-22,26H,13-16,18-19H2,1-6H3,(H,33,37);1H. The second-order valence-corrected chi connectivity index (χ2v) is 10.6. The van der Waals surface area contributed by atoms with E-state index in [0.717, 1.165) is 5.56 Å². The SMILES string of the molecule is CC(C)C(=O)CCOCC(COCCC(=O)C(C)C)NC(=O)c1ccc(-c2ccc(C(=O)C(C)C)cc2)nc1.[HH]. The van der Waals surface area contributed by atoms with Crippen molar-refractivity contribution in [2.75, 3.05) is 26.4 Å². The Morgan fingerprint density at radius 2 is 1.26 bits per heavy atom. The summed E-state index contributed by atoms with van der Waals surface area (Å²) in [6, 6.07) is 10.2. The molecule has 0 unspecified atom stereocenters. The fraction of sp³-hybridized carbons (Fsp3) is 0.516. The van der Waals surface area contributed by atoms with Gasteiger partial charge in [0.1, 0.15) is 11.6 Å². The summed E-state index contributed by atoms with van der Waals surface area (Å²) in [5, 5.41) is 2.91. The van der Waals surface area contributed by atoms with E-state index in [-0.39, 0.29) is 68.9 Å². The summed E-state index contributed by atoms with van der Waals surface area (Å²) in [4.78, 5) is 53.2. The van der Waals surface area contributed by atoms with Gasteiger partial charge >= 0.3 is 0 Å². The number of amides is 1. The summed E-state index contributed by atoms with van der Waals surface area (Å²) < 4.78 is 11.3. The minimum absolute atomic E-state index is 0. The van der Waals surface area contributed by atoms with Crippen LogP contribution in [-0.4, -0.2) is 60.7 Å². The zero-order valence-corrected chi connectivity index (χ0v) is 24.0. The highest BCUT2D eigenvalue weighted by atomic mass is 16.5. The van der Waals surface area contributed by atoms with Crippen molar-refractivity contribution in [1.82, 2.24) is 10.3 Å². The molecule has 2 aromatic rings. The van der Waals surface area contributed by atoms with Gasteiger partial charge in [0.2, 0.25) is 0 Å². The van der Waals surface area contributed by atoms with E-state index in [4.69, 9.17) is 9.47 Å². The maximum absolute atomic E-state index is 12.9. The molecule has 0 aliphatic heterocycles. The summed E-state index contributed by atoms with van der Waals surface area (Å²) in [6.45, 7) is 12.0. The van der Waals surface area contributed by atoms with Crippen LogP contribution >= 0.6 is 0 Å². The number of benzene rings is 1. The van der Waals surface area contributed by atoms with E-state index in [1.54, 1.807) is 24.3 Å². The summed E-state index contributed by atoms with van der Waals surface area (Å²) >= 11 is 0. The lowest BCUT2D eigenvalue weighted by Gasteiger charge is -2.19. The Morgan fingerprint density at radius 3 is 1.69 bits per heavy atom. The van der Waals surface area contributed by atoms with Crippen LogP contribution in [0, 0.1) is 17.8 Å². The molecule has 214 valence electrons. The van der Waals surface area contributed by atoms with Crippen LogP contribution in [0.5, 0.6) is 0 Å². The summed E-state index contributed by atoms with van der Waals surface area (Å²) in [6.07, 6.45) is 2.11. The molecule has 0 bridgehead atoms. The number of ketones is 3. The van der Waals surface area contributed by atoms with Gasteiger partial charge in [-0.1, -0.05) is 65.8 Å². The van der Waals surface area contributed by atoms with Crippen LogP contribution in [0.3, 0.4) is 0 Å². The first kappa shape index (κ1) is 32.0. The number of pyridine rings is 1. The van der Waals surface area contributed by atoms with Crippen molar-refractivity contribution in [3.8, 4) is 11.3 Å². The maximum atomic E-state index is 12.9. The summed E-state index contributed by atoms with van der Waals surface area (Å²) in [5.74, 6) is -0.194. The lowest BCUT2D eigenvalue weighted by Crippen LogP contribution is -2.42. The van der Waals surface area contributed by atoms with Crippen molar-refractivity contribution in [2.24, 2.45) is 17.8 Å². The molecule has 0 saturated heterocycles. The fourth-order valence-electron chi connectivity index (χ4n) is 3.61. The van der Waals surface area contributed by atoms with Gasteiger partial charge in [-0.15, -0.1) is 0 Å². The highest BCUT2D eigenvalue weighted by molar-refractivity contribution is 5.98. The number of Topliss-reactive ketones (excluding diaryl/α,β-unsaturated/α-hetero) is 3. The Labute approximate surface area is 233 Å². The number of hydrogen-bond donors (Lipinski definition) is 1. The van der Waals surface area contributed by atoms with Crippen molar-refractivity contribution < 1.29 is 30.1 Å². The van der Waals surface area contributed by atoms with E-state index in [9.17, 15) is 19.2 Å². The smallest absolute Gasteiger partial charge is 0.253 e. The molecule has 0 aliphatic carbocycles. The third-order valence-corrected chi connectivity index (χ3v) is 6.26. The lowest BCUT2D eigenvalue weighted by molar-refractivity contribution is -0.123. The first-order chi connectivity index (χ1) is 18.5. The molecular weight excluding hydrogens is 496 g/mol. The number of carbonyl (C=O) groups is 4. The zero-order valence-electron chi connectivity index (χ0n) is 24.0. The topological polar surface area (TPSA) is 112 Å². The average Bonchev–Trinajstić information content (AvgIpc) is 2.92. The number of nitrogens with zero attached hydrogens (tertiary/aromatic N) is 1. The number of carbonyl (C=O) groups excluding carboxylic acids is 4. The van der Waals surface area contributed by atoms with Gasteiger partial charge in [0.15, 0.2) is 5.78 Å². The maximum Gasteiger partial charge on any atom is 0.253 e. The van der Waals surface area contributed by atoms with Crippen molar-refractivity contribution >= 4 is 23.3 Å². The van der Waals surface area contributed by atoms with Crippen molar-refractivity contribution in [3.63, 3.8) is 0 Å². The number of nitrogens with one attached hydrogen (secondary N) is 1. The minimum Gasteiger partial charge on any atom is -0.379 e. The largest absolute Gasteiger partial charge is 0.379 e. The molecule has 1 aromatic heterocycles. The molecule has 39 heavy (non-hydrogen) atoms. The molecule has 1 aromatic carbocycles. The zero-order chi connectivity index (χ0) is 28.9. The summed E-state index contributed by atoms with van der Waals surface area (Å²) in [5.41, 5.74) is 2.56. The third kappa shape index (κ3) is 10.8. The van der Waals surface area contributed by atoms with Gasteiger partial charge < -0.3 is 14.8 Å². The van der Waals surface area contributed by atoms with Gasteiger partial charge in [0, 0.05) is 49.3 Å². The number of rotatable bonds is 17. The van der Waals surface area contributed by atoms with E-state index < -0.39 is 6.04 Å². The lowest BCUT2D eigenvalue weighted by atomic mass is 9.99. The van der Waals surface area contributed by atoms with E-state index in [0.29, 0.717) is 29.7 Å². The Hall–Kier alpha value is -3.23. The van der Waals surface area contributed by atoms with Crippen LogP contribution < -0.4 is 5.32 Å². The average molecular weight is 541 g/mol. The Kier molecular flexibility index (Phi) is 13.1. The van der Waals surface area contributed by atoms with Crippen LogP contribution in [0.1, 0.15) is 76.5 Å². The monoisotopic (exact) mass is 540 g/mol. The van der Waals surface area contributed by atoms with Gasteiger partial charge in [0.05, 0.1) is 43.7 Å². The highest BCUT2D eigenvalue weighted by Crippen LogP contribution is 2.19. The number of hydrogen-bond acceptors (Lipinski definition) is 7. The molecule has 8 heteroatoms. The predicted molar refractivity (Wildman–Crippen MR) is 153 cm³/mol. The van der Waals surface area contributed by atoms with Crippen LogP contribution in [-0.2, 0) is 19.1 Å². The van der Waals surface area contributed by atoms with Gasteiger partial charge in [-0.05, 0) is 12.1 Å². The molecule has 2 rings (SSSR count). The first-order valence-electron chi connectivity index (χ1n) is 13.6. The Morgan fingerprint density at radius 1 is 0.744 bits per heavy atom. The summed E-state index contributed by atoms with van der Waals surface area (Å²) in [7, 11) is 0. The molecule has 8 nitrogen and oxygen atoms in total. The van der Waals surface area contributed by atoms with Crippen LogP contribution in [0.2, 0.25) is 0 Å². The second-order valence-electron chi connectivity index (χ2n) is 10.6. The number of aromatic nitrogens is 1. The molecule has 1 amide bonds. The normalized spacial score (nSPS) is 11.4. The second kappa shape index (κ2) is 16.0. The minimum atomic E-state index is -0.466. The molecule has 0 atom stereocenters. The first-order valence-corrected chi connectivity index (χ1v) is 13.6. The molecule has 0 saturated carbocycles. The van der Waals surface area contributed by atoms with Gasteiger partial charge in [0.25, 0.3) is 5.91 Å². The van der Waals surface area contributed by atoms with Crippen LogP contribution in [0.4, 0.5) is 0 Å². The van der Waals surface area contributed by atoms with Gasteiger partial charge in [-0.25, -0.2) is 0 Å². The van der Waals surface area contributed by atoms with Gasteiger partial charge in [-0.2, -0.15) is 0 Å². The van der Waals surface area contributed by atoms with E-state index in [1.165, 1.54) is 6.20 Å². The third-order valence-electron chi connectivity index (χ3n) is 6.26. The predicted octanol–water partition coefficient (Wildman–Crippen LogP) is 5.20. The van der Waals surface area contributed by atoms with Crippen molar-refractivity contribution in [3.05, 3.63) is 53.7 Å². The van der Waals surface area contributed by atoms with Crippen molar-refractivity contribution in [1.29, 1.82) is 0 Å². The Bertz CT molecular complexity index is 1070. The van der Waals surface area contributed by atoms with E-state index >= 15 is 0 Å².